The number of anilines is 1. The van der Waals surface area contributed by atoms with E-state index in [4.69, 9.17) is 5.73 Å². The van der Waals surface area contributed by atoms with E-state index in [-0.39, 0.29) is 11.4 Å². The van der Waals surface area contributed by atoms with E-state index < -0.39 is 33.2 Å². The minimum Gasteiger partial charge on any atom is -0.326 e. The Hall–Kier alpha value is -1.58. The standard InChI is InChI=1S/C12H11F3N2O2S2/c1-6-11(4-8(5-16)20-6)21(18,19)17-10-3-7(13)2-9(14)12(10)15/h2-4,17H,5,16H2,1H3. The number of nitrogens with one attached hydrogen (secondary N) is 1. The number of halogens is 3. The molecule has 0 fully saturated rings. The molecule has 114 valence electrons. The monoisotopic (exact) mass is 336 g/mol. The smallest absolute Gasteiger partial charge is 0.263 e. The lowest BCUT2D eigenvalue weighted by Crippen LogP contribution is -2.15. The highest BCUT2D eigenvalue weighted by Crippen LogP contribution is 2.28. The Morgan fingerprint density at radius 3 is 2.48 bits per heavy atom. The lowest BCUT2D eigenvalue weighted by Gasteiger charge is -2.09. The molecule has 0 atom stereocenters. The minimum atomic E-state index is -4.16. The normalized spacial score (nSPS) is 11.7. The molecule has 21 heavy (non-hydrogen) atoms. The van der Waals surface area contributed by atoms with Gasteiger partial charge in [0, 0.05) is 28.4 Å². The second kappa shape index (κ2) is 5.66. The van der Waals surface area contributed by atoms with Gasteiger partial charge in [-0.15, -0.1) is 11.3 Å². The molecule has 1 aromatic carbocycles. The number of hydrogen-bond donors (Lipinski definition) is 2. The minimum absolute atomic E-state index is 0.1000. The Morgan fingerprint density at radius 2 is 1.90 bits per heavy atom. The third-order valence-electron chi connectivity index (χ3n) is 2.65. The van der Waals surface area contributed by atoms with Crippen LogP contribution in [0.4, 0.5) is 18.9 Å². The zero-order chi connectivity index (χ0) is 15.8. The molecule has 0 bridgehead atoms. The van der Waals surface area contributed by atoms with Crippen LogP contribution in [0.2, 0.25) is 0 Å². The Balaban J connectivity index is 2.44. The first-order valence-electron chi connectivity index (χ1n) is 5.71. The van der Waals surface area contributed by atoms with E-state index >= 15 is 0 Å². The van der Waals surface area contributed by atoms with Crippen molar-refractivity contribution in [3.05, 3.63) is 45.4 Å². The van der Waals surface area contributed by atoms with Gasteiger partial charge in [0.1, 0.15) is 10.7 Å². The summed E-state index contributed by atoms with van der Waals surface area (Å²) in [5.41, 5.74) is 4.64. The van der Waals surface area contributed by atoms with Crippen molar-refractivity contribution in [2.24, 2.45) is 5.73 Å². The summed E-state index contributed by atoms with van der Waals surface area (Å²) in [6, 6.07) is 2.24. The summed E-state index contributed by atoms with van der Waals surface area (Å²) >= 11 is 1.18. The van der Waals surface area contributed by atoms with E-state index in [2.05, 4.69) is 0 Å². The summed E-state index contributed by atoms with van der Waals surface area (Å²) in [6.45, 7) is 1.71. The van der Waals surface area contributed by atoms with Crippen LogP contribution in [0.1, 0.15) is 9.75 Å². The number of thiophene rings is 1. The lowest BCUT2D eigenvalue weighted by atomic mass is 10.3. The van der Waals surface area contributed by atoms with Crippen LogP contribution in [0, 0.1) is 24.4 Å². The van der Waals surface area contributed by atoms with Crippen molar-refractivity contribution in [1.29, 1.82) is 0 Å². The van der Waals surface area contributed by atoms with Crippen LogP contribution in [0.3, 0.4) is 0 Å². The molecule has 9 heteroatoms. The summed E-state index contributed by atoms with van der Waals surface area (Å²) in [6.07, 6.45) is 0. The molecule has 0 unspecified atom stereocenters. The number of rotatable bonds is 4. The second-order valence-electron chi connectivity index (χ2n) is 4.19. The maximum atomic E-state index is 13.5. The highest BCUT2D eigenvalue weighted by Gasteiger charge is 2.22. The predicted octanol–water partition coefficient (Wildman–Crippen LogP) is 2.73. The second-order valence-corrected chi connectivity index (χ2v) is 7.18. The van der Waals surface area contributed by atoms with Crippen molar-refractivity contribution in [3.8, 4) is 0 Å². The van der Waals surface area contributed by atoms with Crippen molar-refractivity contribution < 1.29 is 21.6 Å². The van der Waals surface area contributed by atoms with Crippen LogP contribution in [-0.2, 0) is 16.6 Å². The van der Waals surface area contributed by atoms with E-state index in [9.17, 15) is 21.6 Å². The van der Waals surface area contributed by atoms with Gasteiger partial charge in [-0.3, -0.25) is 4.72 Å². The summed E-state index contributed by atoms with van der Waals surface area (Å²) in [5.74, 6) is -4.03. The maximum absolute atomic E-state index is 13.5. The molecule has 0 aliphatic heterocycles. The van der Waals surface area contributed by atoms with Crippen molar-refractivity contribution in [2.75, 3.05) is 4.72 Å². The summed E-state index contributed by atoms with van der Waals surface area (Å²) in [5, 5.41) is 0. The van der Waals surface area contributed by atoms with E-state index in [0.717, 1.165) is 0 Å². The zero-order valence-corrected chi connectivity index (χ0v) is 12.4. The van der Waals surface area contributed by atoms with Gasteiger partial charge in [-0.25, -0.2) is 21.6 Å². The molecular formula is C12H11F3N2O2S2. The number of benzene rings is 1. The molecule has 0 amide bonds. The number of sulfonamides is 1. The summed E-state index contributed by atoms with van der Waals surface area (Å²) in [7, 11) is -4.16. The van der Waals surface area contributed by atoms with Gasteiger partial charge in [-0.2, -0.15) is 0 Å². The van der Waals surface area contributed by atoms with Crippen LogP contribution in [0.15, 0.2) is 23.1 Å². The molecule has 0 spiro atoms. The SMILES string of the molecule is Cc1sc(CN)cc1S(=O)(=O)Nc1cc(F)cc(F)c1F. The van der Waals surface area contributed by atoms with Gasteiger partial charge in [0.2, 0.25) is 0 Å². The molecule has 2 rings (SSSR count). The fraction of sp³-hybridized carbons (Fsp3) is 0.167. The topological polar surface area (TPSA) is 72.2 Å². The fourth-order valence-corrected chi connectivity index (χ4v) is 4.29. The molecule has 0 saturated heterocycles. The quantitative estimate of drug-likeness (QED) is 0.843. The Bertz CT molecular complexity index is 788. The van der Waals surface area contributed by atoms with Gasteiger partial charge in [0.05, 0.1) is 5.69 Å². The van der Waals surface area contributed by atoms with E-state index in [1.54, 1.807) is 6.92 Å². The number of hydrogen-bond acceptors (Lipinski definition) is 4. The van der Waals surface area contributed by atoms with Crippen LogP contribution in [-0.4, -0.2) is 8.42 Å². The average molecular weight is 336 g/mol. The first-order valence-corrected chi connectivity index (χ1v) is 8.01. The maximum Gasteiger partial charge on any atom is 0.263 e. The molecule has 0 aliphatic carbocycles. The Morgan fingerprint density at radius 1 is 1.24 bits per heavy atom. The third-order valence-corrected chi connectivity index (χ3v) is 5.34. The number of nitrogens with two attached hydrogens (primary N) is 1. The van der Waals surface area contributed by atoms with E-state index in [1.807, 2.05) is 4.72 Å². The fourth-order valence-electron chi connectivity index (χ4n) is 1.72. The molecule has 2 aromatic rings. The molecule has 1 heterocycles. The van der Waals surface area contributed by atoms with Gasteiger partial charge >= 0.3 is 0 Å². The molecular weight excluding hydrogens is 325 g/mol. The van der Waals surface area contributed by atoms with Gasteiger partial charge < -0.3 is 5.73 Å². The summed E-state index contributed by atoms with van der Waals surface area (Å²) in [4.78, 5) is 0.969. The van der Waals surface area contributed by atoms with Crippen molar-refractivity contribution in [2.45, 2.75) is 18.4 Å². The lowest BCUT2D eigenvalue weighted by molar-refractivity contribution is 0.498. The molecule has 1 aromatic heterocycles. The first kappa shape index (κ1) is 15.8. The average Bonchev–Trinajstić information content (AvgIpc) is 2.77. The predicted molar refractivity (Wildman–Crippen MR) is 74.1 cm³/mol. The first-order chi connectivity index (χ1) is 9.74. The zero-order valence-electron chi connectivity index (χ0n) is 10.8. The largest absolute Gasteiger partial charge is 0.326 e. The van der Waals surface area contributed by atoms with Gasteiger partial charge in [0.25, 0.3) is 10.0 Å². The van der Waals surface area contributed by atoms with Crippen LogP contribution in [0.5, 0.6) is 0 Å². The molecule has 0 radical (unpaired) electrons. The van der Waals surface area contributed by atoms with Crippen LogP contribution >= 0.6 is 11.3 Å². The summed E-state index contributed by atoms with van der Waals surface area (Å²) < 4.78 is 65.9. The Labute approximate surface area is 123 Å². The van der Waals surface area contributed by atoms with Crippen LogP contribution < -0.4 is 10.5 Å². The van der Waals surface area contributed by atoms with E-state index in [0.29, 0.717) is 21.9 Å². The third kappa shape index (κ3) is 3.20. The van der Waals surface area contributed by atoms with Crippen molar-refractivity contribution >= 4 is 27.0 Å². The van der Waals surface area contributed by atoms with E-state index in [1.165, 1.54) is 17.4 Å². The number of aryl methyl sites for hydroxylation is 1. The van der Waals surface area contributed by atoms with Gasteiger partial charge in [0.15, 0.2) is 11.6 Å². The Kier molecular flexibility index (Phi) is 4.26. The van der Waals surface area contributed by atoms with Gasteiger partial charge in [-0.1, -0.05) is 0 Å². The molecule has 4 nitrogen and oxygen atoms in total. The molecule has 3 N–H and O–H groups in total. The van der Waals surface area contributed by atoms with Crippen LogP contribution in [0.25, 0.3) is 0 Å². The van der Waals surface area contributed by atoms with Crippen molar-refractivity contribution in [1.82, 2.24) is 0 Å². The highest BCUT2D eigenvalue weighted by atomic mass is 32.2. The van der Waals surface area contributed by atoms with Gasteiger partial charge in [-0.05, 0) is 13.0 Å². The highest BCUT2D eigenvalue weighted by molar-refractivity contribution is 7.93. The van der Waals surface area contributed by atoms with Crippen molar-refractivity contribution in [3.63, 3.8) is 0 Å². The molecule has 0 aliphatic rings. The molecule has 0 saturated carbocycles.